The molecule has 0 spiro atoms. The van der Waals surface area contributed by atoms with Gasteiger partial charge < -0.3 is 59.9 Å². The van der Waals surface area contributed by atoms with Crippen LogP contribution in [-0.2, 0) is 60.7 Å². The summed E-state index contributed by atoms with van der Waals surface area (Å²) in [5, 5.41) is 14.1. The van der Waals surface area contributed by atoms with Crippen LogP contribution in [-0.4, -0.2) is 134 Å². The van der Waals surface area contributed by atoms with Crippen molar-refractivity contribution in [3.8, 4) is 0 Å². The summed E-state index contributed by atoms with van der Waals surface area (Å²) in [6, 6.07) is 5.54. The number of hydrogen-bond acceptors (Lipinski definition) is 22. The normalized spacial score (nSPS) is 11.8. The van der Waals surface area contributed by atoms with E-state index in [0.29, 0.717) is 13.1 Å². The number of rotatable bonds is 20. The fraction of sp³-hybridized carbons (Fsp3) is 0.510. The molecule has 0 aromatic carbocycles. The molecule has 0 aliphatic heterocycles. The lowest BCUT2D eigenvalue weighted by Gasteiger charge is -2.28. The molecule has 0 saturated carbocycles. The van der Waals surface area contributed by atoms with Crippen molar-refractivity contribution in [1.82, 2.24) is 40.1 Å². The molecule has 4 aromatic heterocycles. The van der Waals surface area contributed by atoms with E-state index in [1.807, 2.05) is 0 Å². The Morgan fingerprint density at radius 1 is 0.613 bits per heavy atom. The summed E-state index contributed by atoms with van der Waals surface area (Å²) in [7, 11) is 2.58. The lowest BCUT2D eigenvalue weighted by molar-refractivity contribution is -0.145. The summed E-state index contributed by atoms with van der Waals surface area (Å²) in [6.07, 6.45) is 2.54. The smallest absolute Gasteiger partial charge is 0.469 e. The number of nitrogens with one attached hydrogen (secondary N) is 5. The minimum atomic E-state index is -1.06. The van der Waals surface area contributed by atoms with E-state index in [1.54, 1.807) is 76.2 Å². The van der Waals surface area contributed by atoms with E-state index >= 15 is 0 Å². The summed E-state index contributed by atoms with van der Waals surface area (Å²) in [5.41, 5.74) is -1.53. The van der Waals surface area contributed by atoms with Crippen LogP contribution >= 0.6 is 23.2 Å². The number of amides is 3. The lowest BCUT2D eigenvalue weighted by atomic mass is 10.1. The zero-order valence-corrected chi connectivity index (χ0v) is 48.4. The Labute approximate surface area is 472 Å². The van der Waals surface area contributed by atoms with Crippen LogP contribution in [0.2, 0.25) is 10.3 Å². The van der Waals surface area contributed by atoms with Gasteiger partial charge in [0.2, 0.25) is 11.8 Å². The third kappa shape index (κ3) is 27.3. The highest BCUT2D eigenvalue weighted by atomic mass is 35.5. The van der Waals surface area contributed by atoms with Gasteiger partial charge in [0, 0.05) is 51.4 Å². The maximum Gasteiger partial charge on any atom is 0.519 e. The van der Waals surface area contributed by atoms with E-state index in [0.717, 1.165) is 0 Å². The second kappa shape index (κ2) is 33.1. The van der Waals surface area contributed by atoms with Crippen LogP contribution in [0.15, 0.2) is 49.3 Å². The van der Waals surface area contributed by atoms with Gasteiger partial charge in [-0.05, 0) is 86.6 Å². The number of pyridine rings is 2. The highest BCUT2D eigenvalue weighted by Crippen LogP contribution is 2.28. The third-order valence-corrected chi connectivity index (χ3v) is 10.1. The van der Waals surface area contributed by atoms with Crippen molar-refractivity contribution in [1.29, 1.82) is 0 Å². The van der Waals surface area contributed by atoms with Crippen LogP contribution in [0.5, 0.6) is 0 Å². The van der Waals surface area contributed by atoms with Crippen molar-refractivity contribution in [2.24, 2.45) is 11.8 Å². The van der Waals surface area contributed by atoms with Crippen LogP contribution in [0.1, 0.15) is 100 Å². The Kier molecular flexibility index (Phi) is 28.3. The molecule has 25 nitrogen and oxygen atoms in total. The van der Waals surface area contributed by atoms with Crippen LogP contribution in [0, 0.1) is 23.5 Å². The number of carbonyl (C=O) groups excluding carboxylic acids is 7. The topological polar surface area (TPSA) is 316 Å². The van der Waals surface area contributed by atoms with E-state index in [4.69, 9.17) is 42.1 Å². The van der Waals surface area contributed by atoms with Crippen LogP contribution in [0.3, 0.4) is 0 Å². The molecule has 3 amide bonds. The molecule has 0 bridgehead atoms. The van der Waals surface area contributed by atoms with E-state index < -0.39 is 64.6 Å². The molecule has 0 unspecified atom stereocenters. The first-order valence-electron chi connectivity index (χ1n) is 24.6. The fourth-order valence-electron chi connectivity index (χ4n) is 5.89. The summed E-state index contributed by atoms with van der Waals surface area (Å²) in [4.78, 5) is 108. The molecular formula is C51H70Cl2F2N12O13. The van der Waals surface area contributed by atoms with Gasteiger partial charge in [-0.25, -0.2) is 43.1 Å². The molecule has 4 aromatic rings. The molecule has 0 fully saturated rings. The number of halogens is 4. The maximum atomic E-state index is 13.9. The molecule has 5 N–H and O–H groups in total. The molecule has 0 radical (unpaired) electrons. The number of ether oxygens (including phenoxy) is 6. The minimum Gasteiger partial charge on any atom is -0.469 e. The summed E-state index contributed by atoms with van der Waals surface area (Å²) < 4.78 is 56.2. The summed E-state index contributed by atoms with van der Waals surface area (Å²) >= 11 is 12.2. The van der Waals surface area contributed by atoms with Gasteiger partial charge in [0.25, 0.3) is 0 Å². The van der Waals surface area contributed by atoms with Gasteiger partial charge in [0.15, 0.2) is 21.9 Å². The van der Waals surface area contributed by atoms with Gasteiger partial charge in [-0.2, -0.15) is 0 Å². The molecule has 29 heteroatoms. The maximum absolute atomic E-state index is 13.9. The monoisotopic (exact) mass is 1170 g/mol. The number of nitrogens with zero attached hydrogens (tertiary/aromatic N) is 7. The molecule has 80 heavy (non-hydrogen) atoms. The van der Waals surface area contributed by atoms with Crippen molar-refractivity contribution >= 4 is 88.4 Å². The first-order valence-corrected chi connectivity index (χ1v) is 25.3. The van der Waals surface area contributed by atoms with Crippen molar-refractivity contribution < 1.29 is 70.8 Å². The molecular weight excluding hydrogens is 1100 g/mol. The van der Waals surface area contributed by atoms with Gasteiger partial charge in [-0.15, -0.1) is 0 Å². The van der Waals surface area contributed by atoms with E-state index in [1.165, 1.54) is 68.4 Å². The number of aromatic nitrogens is 6. The first kappa shape index (κ1) is 68.5. The zero-order valence-electron chi connectivity index (χ0n) is 46.9. The standard InChI is InChI=1S/C23H30ClFN6O5.C18H22ClFN6O3.C10H18O5/c1-14(21(33)35-5)12-31(22(34)36-23(2,3)4)10-8-17(32)30-18-19(24)28-13-29-20(18)27-11-16-15(25)7-6-9-26-16;1-11(18(28)29-2)8-21-7-5-14(27)26-15-16(19)24-10-25-17(15)23-9-13-12(20)4-3-6-22-13;1-9(2,3)14-7(11)13-8(12)15-10(4,5)6/h6-7,9,13-14H,8,10-12H2,1-5H3,(H,30,32)(H,27,28,29);3-4,6,10-11,21H,5,7-9H2,1-2H3,(H,26,27)(H,23,24,25);1-6H3/t14-;11-;/m00./s1. The summed E-state index contributed by atoms with van der Waals surface area (Å²) in [5.74, 6) is -3.15. The van der Waals surface area contributed by atoms with E-state index in [2.05, 4.69) is 66.0 Å². The average Bonchev–Trinajstić information content (AvgIpc) is 3.36. The number of anilines is 4. The SMILES string of the molecule is CC(C)(C)OC(=O)OC(=O)OC(C)(C)C.COC(=O)[C@@H](C)CN(CCC(=O)Nc1c(Cl)ncnc1NCc1ncccc1F)C(=O)OC(C)(C)C.COC(=O)[C@@H](C)CNCCC(=O)Nc1c(Cl)ncnc1NCc1ncccc1F. The molecule has 0 aliphatic carbocycles. The van der Waals surface area contributed by atoms with Crippen molar-refractivity contribution in [3.63, 3.8) is 0 Å². The molecule has 2 atom stereocenters. The van der Waals surface area contributed by atoms with Crippen LogP contribution in [0.4, 0.5) is 46.2 Å². The Balaban J connectivity index is 0.000000444. The average molecular weight is 1170 g/mol. The molecule has 440 valence electrons. The third-order valence-electron chi connectivity index (χ3n) is 9.53. The highest BCUT2D eigenvalue weighted by Gasteiger charge is 2.28. The number of hydrogen-bond donors (Lipinski definition) is 5. The molecule has 0 aliphatic rings. The van der Waals surface area contributed by atoms with Crippen molar-refractivity contribution in [2.75, 3.05) is 61.7 Å². The minimum absolute atomic E-state index is 0.00742. The highest BCUT2D eigenvalue weighted by molar-refractivity contribution is 6.33. The van der Waals surface area contributed by atoms with Gasteiger partial charge in [-0.3, -0.25) is 29.1 Å². The van der Waals surface area contributed by atoms with Crippen molar-refractivity contribution in [3.05, 3.63) is 82.6 Å². The summed E-state index contributed by atoms with van der Waals surface area (Å²) in [6.45, 7) is 19.2. The number of carbonyl (C=O) groups is 7. The second-order valence-corrected chi connectivity index (χ2v) is 20.7. The van der Waals surface area contributed by atoms with E-state index in [9.17, 15) is 42.3 Å². The van der Waals surface area contributed by atoms with Crippen LogP contribution < -0.4 is 26.6 Å². The van der Waals surface area contributed by atoms with Gasteiger partial charge in [0.1, 0.15) is 52.5 Å². The number of methoxy groups -OCH3 is 2. The molecule has 0 saturated heterocycles. The largest absolute Gasteiger partial charge is 0.519 e. The Morgan fingerprint density at radius 2 is 1.04 bits per heavy atom. The molecule has 4 heterocycles. The Hall–Kier alpha value is -7.65. The second-order valence-electron chi connectivity index (χ2n) is 20.0. The fourth-order valence-corrected chi connectivity index (χ4v) is 6.26. The first-order chi connectivity index (χ1) is 37.3. The Bertz CT molecular complexity index is 2690. The predicted octanol–water partition coefficient (Wildman–Crippen LogP) is 8.53. The van der Waals surface area contributed by atoms with Crippen molar-refractivity contribution in [2.45, 2.75) is 119 Å². The van der Waals surface area contributed by atoms with Gasteiger partial charge in [-0.1, -0.05) is 37.0 Å². The van der Waals surface area contributed by atoms with Gasteiger partial charge in [0.05, 0.1) is 50.5 Å². The Morgan fingerprint density at radius 3 is 1.45 bits per heavy atom. The van der Waals surface area contributed by atoms with Crippen LogP contribution in [0.25, 0.3) is 0 Å². The predicted molar refractivity (Wildman–Crippen MR) is 290 cm³/mol. The van der Waals surface area contributed by atoms with E-state index in [-0.39, 0.29) is 102 Å². The number of esters is 2. The van der Waals surface area contributed by atoms with Gasteiger partial charge >= 0.3 is 30.3 Å². The zero-order chi connectivity index (χ0) is 60.4. The molecule has 4 rings (SSSR count). The quantitative estimate of drug-likeness (QED) is 0.0182. The lowest BCUT2D eigenvalue weighted by Crippen LogP contribution is -2.42.